The molecule has 0 unspecified atom stereocenters. The van der Waals surface area contributed by atoms with Crippen LogP contribution in [-0.2, 0) is 0 Å². The van der Waals surface area contributed by atoms with E-state index in [1.165, 1.54) is 141 Å². The first-order chi connectivity index (χ1) is 13.3. The van der Waals surface area contributed by atoms with Gasteiger partial charge in [0.15, 0.2) is 0 Å². The van der Waals surface area contributed by atoms with Crippen molar-refractivity contribution in [1.82, 2.24) is 0 Å². The minimum absolute atomic E-state index is 0. The van der Waals surface area contributed by atoms with Crippen LogP contribution in [0.4, 0.5) is 0 Å². The lowest BCUT2D eigenvalue weighted by atomic mass is 10.0. The average Bonchev–Trinajstić information content (AvgIpc) is 2.69. The zero-order valence-electron chi connectivity index (χ0n) is 20.1. The smallest absolute Gasteiger partial charge is 0.0326 e. The summed E-state index contributed by atoms with van der Waals surface area (Å²) >= 11 is 0. The summed E-state index contributed by atoms with van der Waals surface area (Å²) < 4.78 is 0. The van der Waals surface area contributed by atoms with Crippen LogP contribution in [0, 0.1) is 0 Å². The molecule has 0 aliphatic carbocycles. The summed E-state index contributed by atoms with van der Waals surface area (Å²) in [4.78, 5) is 0. The van der Waals surface area contributed by atoms with Crippen LogP contribution in [0.3, 0.4) is 0 Å². The van der Waals surface area contributed by atoms with E-state index in [9.17, 15) is 0 Å². The molecule has 0 amide bonds. The van der Waals surface area contributed by atoms with E-state index in [0.29, 0.717) is 7.92 Å². The highest BCUT2D eigenvalue weighted by molar-refractivity contribution is 14.0. The summed E-state index contributed by atoms with van der Waals surface area (Å²) in [5, 5.41) is 0. The molecule has 0 rings (SSSR count). The van der Waals surface area contributed by atoms with Crippen LogP contribution < -0.4 is 0 Å². The highest BCUT2D eigenvalue weighted by Crippen LogP contribution is 2.35. The zero-order chi connectivity index (χ0) is 19.8. The van der Waals surface area contributed by atoms with Gasteiger partial charge < -0.3 is 0 Å². The number of rotatable bonds is 23. The maximum Gasteiger partial charge on any atom is -0.0326 e. The van der Waals surface area contributed by atoms with Crippen LogP contribution in [0.5, 0.6) is 0 Å². The minimum Gasteiger partial charge on any atom is -0.107 e. The third kappa shape index (κ3) is 25.2. The fourth-order valence-corrected chi connectivity index (χ4v) is 5.88. The van der Waals surface area contributed by atoms with Crippen molar-refractivity contribution in [2.45, 2.75) is 149 Å². The fraction of sp³-hybridized carbons (Fsp3) is 1.00. The highest BCUT2D eigenvalue weighted by Gasteiger charge is 2.01. The van der Waals surface area contributed by atoms with Crippen molar-refractivity contribution in [1.29, 1.82) is 0 Å². The highest BCUT2D eigenvalue weighted by atomic mass is 127. The molecular weight excluding hydrogens is 470 g/mol. The van der Waals surface area contributed by atoms with Gasteiger partial charge in [-0.3, -0.25) is 0 Å². The van der Waals surface area contributed by atoms with Gasteiger partial charge in [-0.15, -0.1) is 31.9 Å². The molecule has 0 aliphatic rings. The van der Waals surface area contributed by atoms with Crippen molar-refractivity contribution >= 4 is 31.9 Å². The average molecular weight is 527 g/mol. The second-order valence-corrected chi connectivity index (χ2v) is 11.8. The summed E-state index contributed by atoms with van der Waals surface area (Å²) in [6, 6.07) is 0. The van der Waals surface area contributed by atoms with E-state index in [0.717, 1.165) is 0 Å². The Morgan fingerprint density at radius 2 is 0.607 bits per heavy atom. The van der Waals surface area contributed by atoms with Crippen molar-refractivity contribution in [2.24, 2.45) is 0 Å². The third-order valence-corrected chi connectivity index (χ3v) is 8.96. The predicted octanol–water partition coefficient (Wildman–Crippen LogP) is 10.9. The van der Waals surface area contributed by atoms with Crippen molar-refractivity contribution in [3.63, 3.8) is 0 Å². The summed E-state index contributed by atoms with van der Waals surface area (Å²) in [5.41, 5.74) is 0. The van der Waals surface area contributed by atoms with E-state index in [2.05, 4.69) is 20.8 Å². The molecular formula is C26H56IP. The molecule has 0 nitrogen and oxygen atoms in total. The van der Waals surface area contributed by atoms with Gasteiger partial charge in [0, 0.05) is 0 Å². The van der Waals surface area contributed by atoms with Gasteiger partial charge in [0.2, 0.25) is 0 Å². The van der Waals surface area contributed by atoms with Gasteiger partial charge in [-0.2, -0.15) is 0 Å². The van der Waals surface area contributed by atoms with Gasteiger partial charge in [0.05, 0.1) is 0 Å². The van der Waals surface area contributed by atoms with Crippen LogP contribution in [0.25, 0.3) is 0 Å². The Morgan fingerprint density at radius 1 is 0.357 bits per heavy atom. The lowest BCUT2D eigenvalue weighted by Crippen LogP contribution is -1.90. The maximum atomic E-state index is 2.38. The van der Waals surface area contributed by atoms with E-state index in [1.54, 1.807) is 6.16 Å². The van der Waals surface area contributed by atoms with Crippen molar-refractivity contribution in [3.8, 4) is 0 Å². The van der Waals surface area contributed by atoms with Crippen LogP contribution >= 0.6 is 31.9 Å². The maximum absolute atomic E-state index is 2.38. The molecule has 0 radical (unpaired) electrons. The molecule has 0 saturated heterocycles. The van der Waals surface area contributed by atoms with Crippen LogP contribution in [0.15, 0.2) is 0 Å². The van der Waals surface area contributed by atoms with E-state index in [-0.39, 0.29) is 24.0 Å². The fourth-order valence-electron chi connectivity index (χ4n) is 4.13. The topological polar surface area (TPSA) is 0 Å². The molecule has 0 aliphatic heterocycles. The number of unbranched alkanes of at least 4 members (excludes halogenated alkanes) is 19. The second kappa shape index (κ2) is 28.2. The van der Waals surface area contributed by atoms with E-state index >= 15 is 0 Å². The summed E-state index contributed by atoms with van der Waals surface area (Å²) in [7, 11) is 0.398. The van der Waals surface area contributed by atoms with Crippen LogP contribution in [0.2, 0.25) is 0 Å². The standard InChI is InChI=1S/C26H55P.HI/c1-4-7-8-9-10-11-12-13-14-15-16-17-18-19-20-21-22-23-24-25-26-27(5-2)6-3;/h4-26H2,1-3H3;1H. The van der Waals surface area contributed by atoms with Crippen LogP contribution in [0.1, 0.15) is 149 Å². The normalized spacial score (nSPS) is 11.1. The summed E-state index contributed by atoms with van der Waals surface area (Å²) in [5.74, 6) is 0. The number of hydrogen-bond acceptors (Lipinski definition) is 0. The molecule has 0 aromatic rings. The Kier molecular flexibility index (Phi) is 31.5. The Morgan fingerprint density at radius 3 is 0.857 bits per heavy atom. The second-order valence-electron chi connectivity index (χ2n) is 8.74. The first kappa shape index (κ1) is 31.3. The van der Waals surface area contributed by atoms with Gasteiger partial charge in [-0.25, -0.2) is 0 Å². The van der Waals surface area contributed by atoms with E-state index in [4.69, 9.17) is 0 Å². The molecule has 0 heterocycles. The number of hydrogen-bond donors (Lipinski definition) is 0. The molecule has 2 heteroatoms. The SMILES string of the molecule is CCCCCCCCCCCCCCCCCCCCCCP(CC)CC.I. The van der Waals surface area contributed by atoms with Crippen molar-refractivity contribution < 1.29 is 0 Å². The Hall–Kier alpha value is 1.16. The molecule has 28 heavy (non-hydrogen) atoms. The zero-order valence-corrected chi connectivity index (χ0v) is 23.3. The van der Waals surface area contributed by atoms with E-state index in [1.807, 2.05) is 0 Å². The summed E-state index contributed by atoms with van der Waals surface area (Å²) in [6.07, 6.45) is 34.1. The molecule has 0 N–H and O–H groups in total. The van der Waals surface area contributed by atoms with Gasteiger partial charge in [-0.05, 0) is 24.9 Å². The lowest BCUT2D eigenvalue weighted by molar-refractivity contribution is 0.523. The molecule has 0 saturated carbocycles. The van der Waals surface area contributed by atoms with Crippen molar-refractivity contribution in [2.75, 3.05) is 18.5 Å². The Labute approximate surface area is 199 Å². The quantitative estimate of drug-likeness (QED) is 0.0706. The Bertz CT molecular complexity index is 253. The van der Waals surface area contributed by atoms with Gasteiger partial charge in [0.1, 0.15) is 0 Å². The van der Waals surface area contributed by atoms with Gasteiger partial charge in [0.25, 0.3) is 0 Å². The molecule has 0 aromatic heterocycles. The molecule has 0 spiro atoms. The van der Waals surface area contributed by atoms with Gasteiger partial charge >= 0.3 is 0 Å². The van der Waals surface area contributed by atoms with Gasteiger partial charge in [-0.1, -0.05) is 143 Å². The Balaban J connectivity index is 0. The minimum atomic E-state index is 0. The third-order valence-electron chi connectivity index (χ3n) is 6.22. The lowest BCUT2D eigenvalue weighted by Gasteiger charge is -2.12. The van der Waals surface area contributed by atoms with Crippen molar-refractivity contribution in [3.05, 3.63) is 0 Å². The first-order valence-corrected chi connectivity index (χ1v) is 15.0. The molecule has 0 fully saturated rings. The predicted molar refractivity (Wildman–Crippen MR) is 146 cm³/mol. The number of halogens is 1. The van der Waals surface area contributed by atoms with Crippen LogP contribution in [-0.4, -0.2) is 18.5 Å². The molecule has 0 bridgehead atoms. The molecule has 0 aromatic carbocycles. The molecule has 172 valence electrons. The first-order valence-electron chi connectivity index (χ1n) is 13.1. The van der Waals surface area contributed by atoms with E-state index < -0.39 is 0 Å². The monoisotopic (exact) mass is 526 g/mol. The summed E-state index contributed by atoms with van der Waals surface area (Å²) in [6.45, 7) is 7.07. The largest absolute Gasteiger partial charge is 0.107 e. The molecule has 0 atom stereocenters.